The summed E-state index contributed by atoms with van der Waals surface area (Å²) in [6.07, 6.45) is 1.78. The number of anilines is 1. The summed E-state index contributed by atoms with van der Waals surface area (Å²) in [7, 11) is 0. The number of carbonyl (C=O) groups is 1. The first-order chi connectivity index (χ1) is 13.1. The Balaban J connectivity index is 1.57. The largest absolute Gasteiger partial charge is 0.324 e. The monoisotopic (exact) mass is 360 g/mol. The summed E-state index contributed by atoms with van der Waals surface area (Å²) >= 11 is 0. The summed E-state index contributed by atoms with van der Waals surface area (Å²) < 4.78 is 14.8. The van der Waals surface area contributed by atoms with Gasteiger partial charge < -0.3 is 5.32 Å². The van der Waals surface area contributed by atoms with E-state index in [1.54, 1.807) is 23.0 Å². The number of hydrogen-bond donors (Lipinski definition) is 1. The van der Waals surface area contributed by atoms with Crippen molar-refractivity contribution in [1.29, 1.82) is 0 Å². The number of para-hydroxylation sites is 1. The third-order valence-corrected chi connectivity index (χ3v) is 4.27. The maximum absolute atomic E-state index is 13.0. The van der Waals surface area contributed by atoms with Gasteiger partial charge in [-0.25, -0.2) is 14.1 Å². The summed E-state index contributed by atoms with van der Waals surface area (Å²) in [6.45, 7) is 1.91. The third-order valence-electron chi connectivity index (χ3n) is 4.27. The lowest BCUT2D eigenvalue weighted by Crippen LogP contribution is -2.14. The van der Waals surface area contributed by atoms with Gasteiger partial charge in [0, 0.05) is 5.39 Å². The summed E-state index contributed by atoms with van der Waals surface area (Å²) in [5.74, 6) is -0.504. The standard InChI is InChI=1S/C21H17FN4O/c1-14-19-12-17(24-20(27)11-15-7-9-16(22)10-8-15)13-23-21(19)26(25-14)18-5-3-2-4-6-18/h2-10,12-13H,11H2,1H3,(H,24,27). The van der Waals surface area contributed by atoms with Gasteiger partial charge >= 0.3 is 0 Å². The number of carbonyl (C=O) groups excluding carboxylic acids is 1. The molecule has 2 heterocycles. The number of hydrogen-bond acceptors (Lipinski definition) is 3. The van der Waals surface area contributed by atoms with E-state index in [0.717, 1.165) is 28.0 Å². The smallest absolute Gasteiger partial charge is 0.228 e. The zero-order valence-electron chi connectivity index (χ0n) is 14.7. The zero-order valence-corrected chi connectivity index (χ0v) is 14.7. The summed E-state index contributed by atoms with van der Waals surface area (Å²) in [4.78, 5) is 16.7. The quantitative estimate of drug-likeness (QED) is 0.597. The highest BCUT2D eigenvalue weighted by molar-refractivity contribution is 5.94. The van der Waals surface area contributed by atoms with Crippen LogP contribution in [0.1, 0.15) is 11.3 Å². The average molecular weight is 360 g/mol. The molecule has 2 aromatic heterocycles. The van der Waals surface area contributed by atoms with Crippen molar-refractivity contribution in [1.82, 2.24) is 14.8 Å². The Morgan fingerprint density at radius 2 is 1.85 bits per heavy atom. The van der Waals surface area contributed by atoms with Crippen LogP contribution in [-0.4, -0.2) is 20.7 Å². The summed E-state index contributed by atoms with van der Waals surface area (Å²) in [6, 6.07) is 17.5. The molecule has 0 spiro atoms. The molecule has 0 saturated heterocycles. The van der Waals surface area contributed by atoms with Crippen molar-refractivity contribution < 1.29 is 9.18 Å². The SMILES string of the molecule is Cc1nn(-c2ccccc2)c2ncc(NC(=O)Cc3ccc(F)cc3)cc12. The molecular weight excluding hydrogens is 343 g/mol. The first-order valence-electron chi connectivity index (χ1n) is 8.55. The molecule has 4 aromatic rings. The Bertz CT molecular complexity index is 1100. The van der Waals surface area contributed by atoms with E-state index in [4.69, 9.17) is 0 Å². The molecule has 0 atom stereocenters. The number of fused-ring (bicyclic) bond motifs is 1. The Morgan fingerprint density at radius 1 is 1.11 bits per heavy atom. The Morgan fingerprint density at radius 3 is 2.59 bits per heavy atom. The van der Waals surface area contributed by atoms with Crippen molar-refractivity contribution in [2.75, 3.05) is 5.32 Å². The zero-order chi connectivity index (χ0) is 18.8. The second kappa shape index (κ2) is 6.99. The third kappa shape index (κ3) is 3.55. The summed E-state index contributed by atoms with van der Waals surface area (Å²) in [5, 5.41) is 8.28. The maximum Gasteiger partial charge on any atom is 0.228 e. The minimum Gasteiger partial charge on any atom is -0.324 e. The highest BCUT2D eigenvalue weighted by Crippen LogP contribution is 2.23. The number of amides is 1. The number of nitrogens with zero attached hydrogens (tertiary/aromatic N) is 3. The van der Waals surface area contributed by atoms with Crippen LogP contribution in [0.15, 0.2) is 66.9 Å². The van der Waals surface area contributed by atoms with Crippen LogP contribution in [0, 0.1) is 12.7 Å². The molecule has 0 radical (unpaired) electrons. The molecule has 0 fully saturated rings. The van der Waals surface area contributed by atoms with Crippen LogP contribution in [0.4, 0.5) is 10.1 Å². The van der Waals surface area contributed by atoms with Crippen LogP contribution in [-0.2, 0) is 11.2 Å². The lowest BCUT2D eigenvalue weighted by atomic mass is 10.1. The van der Waals surface area contributed by atoms with E-state index in [1.165, 1.54) is 12.1 Å². The van der Waals surface area contributed by atoms with Crippen LogP contribution < -0.4 is 5.32 Å². The van der Waals surface area contributed by atoms with Crippen LogP contribution in [0.2, 0.25) is 0 Å². The second-order valence-corrected chi connectivity index (χ2v) is 6.28. The van der Waals surface area contributed by atoms with Crippen molar-refractivity contribution in [3.05, 3.63) is 83.9 Å². The lowest BCUT2D eigenvalue weighted by molar-refractivity contribution is -0.115. The topological polar surface area (TPSA) is 59.8 Å². The maximum atomic E-state index is 13.0. The number of benzene rings is 2. The molecule has 4 rings (SSSR count). The molecule has 0 unspecified atom stereocenters. The van der Waals surface area contributed by atoms with Gasteiger partial charge in [-0.3, -0.25) is 4.79 Å². The van der Waals surface area contributed by atoms with Gasteiger partial charge in [-0.1, -0.05) is 30.3 Å². The molecule has 1 N–H and O–H groups in total. The van der Waals surface area contributed by atoms with Gasteiger partial charge in [-0.2, -0.15) is 5.10 Å². The highest BCUT2D eigenvalue weighted by Gasteiger charge is 2.12. The molecule has 1 amide bonds. The predicted molar refractivity (Wildman–Crippen MR) is 102 cm³/mol. The molecule has 5 nitrogen and oxygen atoms in total. The average Bonchev–Trinajstić information content (AvgIpc) is 3.01. The fourth-order valence-corrected chi connectivity index (χ4v) is 2.95. The minimum absolute atomic E-state index is 0.167. The second-order valence-electron chi connectivity index (χ2n) is 6.28. The van der Waals surface area contributed by atoms with E-state index in [2.05, 4.69) is 15.4 Å². The van der Waals surface area contributed by atoms with Gasteiger partial charge in [-0.05, 0) is 42.8 Å². The number of halogens is 1. The van der Waals surface area contributed by atoms with E-state index in [1.807, 2.05) is 43.3 Å². The first kappa shape index (κ1) is 16.9. The fourth-order valence-electron chi connectivity index (χ4n) is 2.95. The Kier molecular flexibility index (Phi) is 4.38. The van der Waals surface area contributed by atoms with E-state index in [-0.39, 0.29) is 18.1 Å². The van der Waals surface area contributed by atoms with Crippen LogP contribution in [0.25, 0.3) is 16.7 Å². The molecule has 0 aliphatic carbocycles. The van der Waals surface area contributed by atoms with Crippen molar-refractivity contribution in [3.63, 3.8) is 0 Å². The molecule has 27 heavy (non-hydrogen) atoms. The van der Waals surface area contributed by atoms with Gasteiger partial charge in [0.15, 0.2) is 5.65 Å². The van der Waals surface area contributed by atoms with Crippen molar-refractivity contribution in [2.45, 2.75) is 13.3 Å². The molecule has 6 heteroatoms. The number of aryl methyl sites for hydroxylation is 1. The Labute approximate surface area is 155 Å². The highest BCUT2D eigenvalue weighted by atomic mass is 19.1. The fraction of sp³-hybridized carbons (Fsp3) is 0.0952. The molecule has 134 valence electrons. The lowest BCUT2D eigenvalue weighted by Gasteiger charge is -2.06. The normalized spacial score (nSPS) is 10.9. The summed E-state index contributed by atoms with van der Waals surface area (Å²) in [5.41, 5.74) is 3.84. The first-order valence-corrected chi connectivity index (χ1v) is 8.55. The molecule has 0 aliphatic heterocycles. The van der Waals surface area contributed by atoms with Crippen LogP contribution in [0.3, 0.4) is 0 Å². The van der Waals surface area contributed by atoms with E-state index >= 15 is 0 Å². The minimum atomic E-state index is -0.320. The van der Waals surface area contributed by atoms with Crippen molar-refractivity contribution in [2.24, 2.45) is 0 Å². The van der Waals surface area contributed by atoms with Gasteiger partial charge in [0.2, 0.25) is 5.91 Å². The number of pyridine rings is 1. The molecular formula is C21H17FN4O. The Hall–Kier alpha value is -3.54. The van der Waals surface area contributed by atoms with E-state index in [0.29, 0.717) is 5.69 Å². The van der Waals surface area contributed by atoms with Gasteiger partial charge in [0.25, 0.3) is 0 Å². The number of nitrogens with one attached hydrogen (secondary N) is 1. The van der Waals surface area contributed by atoms with Crippen molar-refractivity contribution in [3.8, 4) is 5.69 Å². The van der Waals surface area contributed by atoms with Gasteiger partial charge in [-0.15, -0.1) is 0 Å². The predicted octanol–water partition coefficient (Wildman–Crippen LogP) is 4.05. The van der Waals surface area contributed by atoms with Crippen LogP contribution >= 0.6 is 0 Å². The molecule has 0 bridgehead atoms. The van der Waals surface area contributed by atoms with E-state index in [9.17, 15) is 9.18 Å². The number of rotatable bonds is 4. The van der Waals surface area contributed by atoms with Crippen LogP contribution in [0.5, 0.6) is 0 Å². The molecule has 0 saturated carbocycles. The van der Waals surface area contributed by atoms with Crippen molar-refractivity contribution >= 4 is 22.6 Å². The van der Waals surface area contributed by atoms with E-state index < -0.39 is 0 Å². The number of aromatic nitrogens is 3. The molecule has 0 aliphatic rings. The molecule has 2 aromatic carbocycles. The van der Waals surface area contributed by atoms with Gasteiger partial charge in [0.1, 0.15) is 5.82 Å². The van der Waals surface area contributed by atoms with Gasteiger partial charge in [0.05, 0.1) is 29.7 Å².